The Hall–Kier alpha value is -7.36. The second kappa shape index (κ2) is 11.6. The van der Waals surface area contributed by atoms with E-state index >= 15 is 0 Å². The van der Waals surface area contributed by atoms with E-state index < -0.39 is 0 Å². The first kappa shape index (κ1) is 30.1. The summed E-state index contributed by atoms with van der Waals surface area (Å²) >= 11 is 0. The van der Waals surface area contributed by atoms with Crippen molar-refractivity contribution in [2.75, 3.05) is 0 Å². The van der Waals surface area contributed by atoms with E-state index in [0.717, 1.165) is 5.69 Å². The van der Waals surface area contributed by atoms with Crippen molar-refractivity contribution in [2.24, 2.45) is 0 Å². The molecule has 55 heavy (non-hydrogen) atoms. The normalized spacial score (nSPS) is 12.0. The topological polar surface area (TPSA) is 14.8 Å². The zero-order chi connectivity index (χ0) is 36.0. The van der Waals surface area contributed by atoms with Crippen LogP contribution >= 0.6 is 0 Å². The largest absolute Gasteiger partial charge is 0.309 e. The molecule has 0 saturated carbocycles. The Morgan fingerprint density at radius 2 is 0.673 bits per heavy atom. The van der Waals surface area contributed by atoms with Gasteiger partial charge < -0.3 is 13.7 Å². The van der Waals surface area contributed by atoms with Gasteiger partial charge in [0, 0.05) is 49.4 Å². The highest BCUT2D eigenvalue weighted by atomic mass is 15.0. The number of benzene rings is 9. The summed E-state index contributed by atoms with van der Waals surface area (Å²) in [5, 5.41) is 10.0. The van der Waals surface area contributed by atoms with Crippen LogP contribution in [-0.2, 0) is 0 Å². The molecule has 12 aromatic rings. The van der Waals surface area contributed by atoms with Crippen molar-refractivity contribution in [1.82, 2.24) is 13.7 Å². The van der Waals surface area contributed by atoms with Crippen LogP contribution in [0.25, 0.3) is 104 Å². The van der Waals surface area contributed by atoms with Crippen LogP contribution in [0.15, 0.2) is 200 Å². The predicted molar refractivity (Wildman–Crippen MR) is 232 cm³/mol. The first-order valence-electron chi connectivity index (χ1n) is 18.9. The van der Waals surface area contributed by atoms with Gasteiger partial charge in [-0.2, -0.15) is 0 Å². The molecule has 0 N–H and O–H groups in total. The molecule has 0 aliphatic heterocycles. The zero-order valence-corrected chi connectivity index (χ0v) is 29.9. The first-order valence-corrected chi connectivity index (χ1v) is 18.9. The molecule has 3 heteroatoms. The van der Waals surface area contributed by atoms with Crippen molar-refractivity contribution >= 4 is 76.2 Å². The van der Waals surface area contributed by atoms with Gasteiger partial charge in [0.15, 0.2) is 0 Å². The number of aromatic nitrogens is 3. The van der Waals surface area contributed by atoms with Gasteiger partial charge in [0.05, 0.1) is 33.1 Å². The lowest BCUT2D eigenvalue weighted by molar-refractivity contribution is 1.17. The van der Waals surface area contributed by atoms with E-state index in [1.807, 2.05) is 0 Å². The number of hydrogen-bond acceptors (Lipinski definition) is 0. The fourth-order valence-electron chi connectivity index (χ4n) is 9.11. The fourth-order valence-corrected chi connectivity index (χ4v) is 9.11. The lowest BCUT2D eigenvalue weighted by Crippen LogP contribution is -1.96. The van der Waals surface area contributed by atoms with E-state index in [-0.39, 0.29) is 0 Å². The van der Waals surface area contributed by atoms with E-state index in [9.17, 15) is 0 Å². The zero-order valence-electron chi connectivity index (χ0n) is 29.9. The summed E-state index contributed by atoms with van der Waals surface area (Å²) < 4.78 is 7.25. The molecule has 0 aliphatic rings. The van der Waals surface area contributed by atoms with Crippen LogP contribution in [0.3, 0.4) is 0 Å². The maximum absolute atomic E-state index is 2.44. The molecule has 3 heterocycles. The third-order valence-corrected chi connectivity index (χ3v) is 11.6. The van der Waals surface area contributed by atoms with Crippen LogP contribution in [0, 0.1) is 0 Å². The summed E-state index contributed by atoms with van der Waals surface area (Å²) in [6, 6.07) is 73.2. The van der Waals surface area contributed by atoms with E-state index in [1.165, 1.54) is 98.7 Å². The number of rotatable bonds is 4. The van der Waals surface area contributed by atoms with E-state index in [4.69, 9.17) is 0 Å². The Kier molecular flexibility index (Phi) is 6.34. The molecule has 12 rings (SSSR count). The standard InChI is InChI=1S/C52H33N3/c1-2-14-38(15-3-1)53-47-19-9-6-16-41(47)44-31-37(25-29-50(44)53)35-22-26-39(27-23-35)54-48-20-10-7-17-42(48)45-32-46-43-18-8-11-21-49(43)55(52(46)33-51(45)54)40-28-24-34-12-4-5-13-36(34)30-40/h1-33H. The van der Waals surface area contributed by atoms with Crippen molar-refractivity contribution in [3.8, 4) is 28.2 Å². The van der Waals surface area contributed by atoms with Crippen molar-refractivity contribution in [3.63, 3.8) is 0 Å². The molecule has 0 radical (unpaired) electrons. The Morgan fingerprint density at radius 3 is 1.33 bits per heavy atom. The number of hydrogen-bond donors (Lipinski definition) is 0. The molecule has 0 aliphatic carbocycles. The molecule has 3 nitrogen and oxygen atoms in total. The molecule has 0 atom stereocenters. The smallest absolute Gasteiger partial charge is 0.0562 e. The van der Waals surface area contributed by atoms with Crippen LogP contribution in [0.4, 0.5) is 0 Å². The monoisotopic (exact) mass is 699 g/mol. The average molecular weight is 700 g/mol. The summed E-state index contributed by atoms with van der Waals surface area (Å²) in [5.41, 5.74) is 13.1. The molecular formula is C52H33N3. The summed E-state index contributed by atoms with van der Waals surface area (Å²) in [6.45, 7) is 0. The van der Waals surface area contributed by atoms with Gasteiger partial charge in [-0.05, 0) is 101 Å². The van der Waals surface area contributed by atoms with Gasteiger partial charge in [0.25, 0.3) is 0 Å². The van der Waals surface area contributed by atoms with Gasteiger partial charge in [-0.15, -0.1) is 0 Å². The SMILES string of the molecule is c1ccc(-n2c3ccccc3c3cc(-c4ccc(-n5c6ccccc6c6cc7c8ccccc8n(-c8ccc9ccccc9c8)c7cc65)cc4)ccc32)cc1. The maximum Gasteiger partial charge on any atom is 0.0562 e. The van der Waals surface area contributed by atoms with Crippen molar-refractivity contribution < 1.29 is 0 Å². The van der Waals surface area contributed by atoms with Crippen LogP contribution in [0.5, 0.6) is 0 Å². The van der Waals surface area contributed by atoms with Gasteiger partial charge in [-0.1, -0.05) is 121 Å². The molecule has 9 aromatic carbocycles. The predicted octanol–water partition coefficient (Wildman–Crippen LogP) is 13.8. The summed E-state index contributed by atoms with van der Waals surface area (Å²) in [6.07, 6.45) is 0. The molecule has 256 valence electrons. The highest BCUT2D eigenvalue weighted by molar-refractivity contribution is 6.19. The Balaban J connectivity index is 1.04. The molecule has 0 amide bonds. The molecule has 0 fully saturated rings. The van der Waals surface area contributed by atoms with Crippen molar-refractivity contribution in [1.29, 1.82) is 0 Å². The summed E-state index contributed by atoms with van der Waals surface area (Å²) in [7, 11) is 0. The molecule has 3 aromatic heterocycles. The molecule has 0 spiro atoms. The van der Waals surface area contributed by atoms with E-state index in [0.29, 0.717) is 0 Å². The van der Waals surface area contributed by atoms with Gasteiger partial charge in [-0.3, -0.25) is 0 Å². The summed E-state index contributed by atoms with van der Waals surface area (Å²) in [4.78, 5) is 0. The lowest BCUT2D eigenvalue weighted by Gasteiger charge is -2.12. The number of nitrogens with zero attached hydrogens (tertiary/aromatic N) is 3. The maximum atomic E-state index is 2.44. The second-order valence-electron chi connectivity index (χ2n) is 14.6. The van der Waals surface area contributed by atoms with Gasteiger partial charge in [-0.25, -0.2) is 0 Å². The minimum Gasteiger partial charge on any atom is -0.309 e. The van der Waals surface area contributed by atoms with Crippen LogP contribution < -0.4 is 0 Å². The highest BCUT2D eigenvalue weighted by Crippen LogP contribution is 2.41. The van der Waals surface area contributed by atoms with Crippen molar-refractivity contribution in [3.05, 3.63) is 200 Å². The molecule has 0 unspecified atom stereocenters. The highest BCUT2D eigenvalue weighted by Gasteiger charge is 2.19. The van der Waals surface area contributed by atoms with Crippen molar-refractivity contribution in [2.45, 2.75) is 0 Å². The first-order chi connectivity index (χ1) is 27.3. The Morgan fingerprint density at radius 1 is 0.218 bits per heavy atom. The van der Waals surface area contributed by atoms with E-state index in [2.05, 4.69) is 214 Å². The lowest BCUT2D eigenvalue weighted by atomic mass is 10.0. The molecule has 0 bridgehead atoms. The number of fused-ring (bicyclic) bond motifs is 10. The van der Waals surface area contributed by atoms with Gasteiger partial charge in [0.2, 0.25) is 0 Å². The third kappa shape index (κ3) is 4.44. The van der Waals surface area contributed by atoms with Gasteiger partial charge in [0.1, 0.15) is 0 Å². The molecular weight excluding hydrogens is 667 g/mol. The van der Waals surface area contributed by atoms with Gasteiger partial charge >= 0.3 is 0 Å². The summed E-state index contributed by atoms with van der Waals surface area (Å²) in [5.74, 6) is 0. The fraction of sp³-hybridized carbons (Fsp3) is 0. The minimum atomic E-state index is 1.14. The van der Waals surface area contributed by atoms with E-state index in [1.54, 1.807) is 0 Å². The Bertz CT molecular complexity index is 3470. The quantitative estimate of drug-likeness (QED) is 0.174. The van der Waals surface area contributed by atoms with Crippen LogP contribution in [-0.4, -0.2) is 13.7 Å². The second-order valence-corrected chi connectivity index (χ2v) is 14.6. The average Bonchev–Trinajstić information content (AvgIpc) is 3.88. The minimum absolute atomic E-state index is 1.14. The molecule has 0 saturated heterocycles. The number of para-hydroxylation sites is 4. The Labute approximate surface area is 317 Å². The van der Waals surface area contributed by atoms with Crippen LogP contribution in [0.2, 0.25) is 0 Å². The third-order valence-electron chi connectivity index (χ3n) is 11.6. The van der Waals surface area contributed by atoms with Crippen LogP contribution in [0.1, 0.15) is 0 Å².